The molecule has 0 aliphatic carbocycles. The van der Waals surface area contributed by atoms with Crippen LogP contribution in [0.4, 0.5) is 0 Å². The standard InChI is InChI=1S/C12H17NO4S.CH3ClO2S/c1-3-17-11(14)8-9-5-4-6-10(7-9)12(13)18(2,15)16;1-5(2,3)4/h4-7,12H,3,8,13H2,1-2H3;1H3. The van der Waals surface area contributed by atoms with E-state index in [2.05, 4.69) is 10.7 Å². The van der Waals surface area contributed by atoms with Crippen LogP contribution in [0.3, 0.4) is 0 Å². The molecule has 0 aliphatic rings. The lowest BCUT2D eigenvalue weighted by atomic mass is 10.1. The highest BCUT2D eigenvalue weighted by Crippen LogP contribution is 2.17. The van der Waals surface area contributed by atoms with Crippen molar-refractivity contribution in [3.05, 3.63) is 35.4 Å². The average Bonchev–Trinajstić information content (AvgIpc) is 2.35. The topological polar surface area (TPSA) is 121 Å². The van der Waals surface area contributed by atoms with Crippen molar-refractivity contribution in [2.45, 2.75) is 18.7 Å². The summed E-state index contributed by atoms with van der Waals surface area (Å²) in [6.07, 6.45) is 2.11. The number of carbonyl (C=O) groups excluding carboxylic acids is 1. The molecule has 1 atom stereocenters. The van der Waals surface area contributed by atoms with E-state index >= 15 is 0 Å². The van der Waals surface area contributed by atoms with Crippen molar-refractivity contribution in [3.63, 3.8) is 0 Å². The minimum absolute atomic E-state index is 0.109. The van der Waals surface area contributed by atoms with Gasteiger partial charge in [-0.15, -0.1) is 0 Å². The van der Waals surface area contributed by atoms with Crippen LogP contribution in [0, 0.1) is 0 Å². The average molecular weight is 386 g/mol. The van der Waals surface area contributed by atoms with Gasteiger partial charge in [0, 0.05) is 16.9 Å². The van der Waals surface area contributed by atoms with Crippen molar-refractivity contribution in [3.8, 4) is 0 Å². The van der Waals surface area contributed by atoms with Crippen LogP contribution in [0.2, 0.25) is 0 Å². The number of halogens is 1. The van der Waals surface area contributed by atoms with Gasteiger partial charge in [-0.05, 0) is 18.1 Å². The van der Waals surface area contributed by atoms with Crippen molar-refractivity contribution in [2.75, 3.05) is 19.1 Å². The summed E-state index contributed by atoms with van der Waals surface area (Å²) in [5, 5.41) is -1.07. The van der Waals surface area contributed by atoms with Crippen LogP contribution in [0.15, 0.2) is 24.3 Å². The first-order valence-corrected chi connectivity index (χ1v) is 11.1. The van der Waals surface area contributed by atoms with Crippen LogP contribution in [-0.4, -0.2) is 41.9 Å². The smallest absolute Gasteiger partial charge is 0.310 e. The van der Waals surface area contributed by atoms with Gasteiger partial charge in [0.2, 0.25) is 9.05 Å². The molecule has 0 spiro atoms. The minimum Gasteiger partial charge on any atom is -0.466 e. The summed E-state index contributed by atoms with van der Waals surface area (Å²) in [6.45, 7) is 2.05. The molecule has 0 radical (unpaired) electrons. The van der Waals surface area contributed by atoms with Crippen LogP contribution in [0.1, 0.15) is 23.4 Å². The zero-order valence-corrected chi connectivity index (χ0v) is 15.4. The highest BCUT2D eigenvalue weighted by molar-refractivity contribution is 8.13. The lowest BCUT2D eigenvalue weighted by Crippen LogP contribution is -2.20. The second-order valence-corrected chi connectivity index (χ2v) is 9.87. The summed E-state index contributed by atoms with van der Waals surface area (Å²) in [5.41, 5.74) is 6.78. The Morgan fingerprint density at radius 2 is 1.78 bits per heavy atom. The van der Waals surface area contributed by atoms with Gasteiger partial charge in [-0.3, -0.25) is 4.79 Å². The third-order valence-electron chi connectivity index (χ3n) is 2.39. The highest BCUT2D eigenvalue weighted by atomic mass is 35.7. The maximum Gasteiger partial charge on any atom is 0.310 e. The number of sulfone groups is 1. The second-order valence-electron chi connectivity index (χ2n) is 4.66. The monoisotopic (exact) mass is 385 g/mol. The highest BCUT2D eigenvalue weighted by Gasteiger charge is 2.18. The fraction of sp³-hybridized carbons (Fsp3) is 0.462. The molecule has 0 saturated heterocycles. The normalized spacial score (nSPS) is 12.7. The Kier molecular flexibility index (Phi) is 8.75. The number of rotatable bonds is 5. The molecule has 0 saturated carbocycles. The lowest BCUT2D eigenvalue weighted by Gasteiger charge is -2.11. The van der Waals surface area contributed by atoms with Gasteiger partial charge < -0.3 is 10.5 Å². The van der Waals surface area contributed by atoms with Gasteiger partial charge in [0.15, 0.2) is 9.84 Å². The van der Waals surface area contributed by atoms with E-state index in [0.717, 1.165) is 12.5 Å². The zero-order chi connectivity index (χ0) is 18.3. The number of hydrogen-bond acceptors (Lipinski definition) is 7. The van der Waals surface area contributed by atoms with Gasteiger partial charge in [0.25, 0.3) is 0 Å². The fourth-order valence-electron chi connectivity index (χ4n) is 1.51. The van der Waals surface area contributed by atoms with E-state index in [1.165, 1.54) is 0 Å². The molecule has 0 aromatic heterocycles. The quantitative estimate of drug-likeness (QED) is 0.592. The van der Waals surface area contributed by atoms with E-state index < -0.39 is 24.3 Å². The summed E-state index contributed by atoms with van der Waals surface area (Å²) in [6, 6.07) is 6.65. The number of nitrogens with two attached hydrogens (primary N) is 1. The number of carbonyl (C=O) groups is 1. The number of esters is 1. The molecule has 2 N–H and O–H groups in total. The van der Waals surface area contributed by atoms with E-state index in [9.17, 15) is 21.6 Å². The molecule has 0 fully saturated rings. The van der Waals surface area contributed by atoms with Gasteiger partial charge in [-0.2, -0.15) is 0 Å². The second kappa shape index (κ2) is 9.21. The number of benzene rings is 1. The van der Waals surface area contributed by atoms with Crippen molar-refractivity contribution < 1.29 is 26.4 Å². The minimum atomic E-state index is -3.35. The van der Waals surface area contributed by atoms with E-state index in [1.807, 2.05) is 0 Å². The first-order chi connectivity index (χ1) is 10.3. The molecule has 1 aromatic carbocycles. The summed E-state index contributed by atoms with van der Waals surface area (Å²) in [4.78, 5) is 11.3. The van der Waals surface area contributed by atoms with E-state index in [4.69, 9.17) is 10.5 Å². The summed E-state index contributed by atoms with van der Waals surface area (Å²) in [5.74, 6) is -0.345. The lowest BCUT2D eigenvalue weighted by molar-refractivity contribution is -0.142. The Balaban J connectivity index is 0.000000841. The van der Waals surface area contributed by atoms with Crippen LogP contribution in [0.25, 0.3) is 0 Å². The first kappa shape index (κ1) is 21.8. The molecule has 0 aliphatic heterocycles. The molecule has 7 nitrogen and oxygen atoms in total. The number of ether oxygens (including phenoxy) is 1. The third kappa shape index (κ3) is 11.1. The van der Waals surface area contributed by atoms with Gasteiger partial charge in [-0.25, -0.2) is 16.8 Å². The van der Waals surface area contributed by atoms with Crippen molar-refractivity contribution >= 4 is 35.5 Å². The molecule has 23 heavy (non-hydrogen) atoms. The molecule has 1 aromatic rings. The predicted octanol–water partition coefficient (Wildman–Crippen LogP) is 0.979. The molecule has 10 heteroatoms. The van der Waals surface area contributed by atoms with Gasteiger partial charge in [0.1, 0.15) is 5.37 Å². The summed E-state index contributed by atoms with van der Waals surface area (Å²) in [7, 11) is -2.04. The zero-order valence-electron chi connectivity index (χ0n) is 13.0. The summed E-state index contributed by atoms with van der Waals surface area (Å²) < 4.78 is 46.3. The van der Waals surface area contributed by atoms with E-state index in [1.54, 1.807) is 31.2 Å². The molecule has 0 heterocycles. The molecule has 0 amide bonds. The molecular formula is C13H20ClNO6S2. The SMILES string of the molecule is CCOC(=O)Cc1cccc(C(N)S(C)(=O)=O)c1.CS(=O)(=O)Cl. The van der Waals surface area contributed by atoms with E-state index in [-0.39, 0.29) is 12.4 Å². The van der Waals surface area contributed by atoms with Crippen molar-refractivity contribution in [1.82, 2.24) is 0 Å². The maximum absolute atomic E-state index is 11.4. The van der Waals surface area contributed by atoms with Crippen LogP contribution < -0.4 is 5.73 Å². The van der Waals surface area contributed by atoms with Gasteiger partial charge >= 0.3 is 5.97 Å². The Hall–Kier alpha value is -1.16. The number of hydrogen-bond donors (Lipinski definition) is 1. The summed E-state index contributed by atoms with van der Waals surface area (Å²) >= 11 is 0. The van der Waals surface area contributed by atoms with Crippen LogP contribution in [-0.2, 0) is 34.8 Å². The first-order valence-electron chi connectivity index (χ1n) is 6.43. The van der Waals surface area contributed by atoms with Crippen LogP contribution in [0.5, 0.6) is 0 Å². The van der Waals surface area contributed by atoms with Crippen molar-refractivity contribution in [1.29, 1.82) is 0 Å². The molecule has 1 unspecified atom stereocenters. The Morgan fingerprint density at radius 1 is 1.26 bits per heavy atom. The molecule has 1 rings (SSSR count). The van der Waals surface area contributed by atoms with E-state index in [0.29, 0.717) is 17.7 Å². The largest absolute Gasteiger partial charge is 0.466 e. The van der Waals surface area contributed by atoms with Gasteiger partial charge in [-0.1, -0.05) is 24.3 Å². The Labute approximate surface area is 141 Å². The Bertz CT molecular complexity index is 723. The fourth-order valence-corrected chi connectivity index (χ4v) is 2.15. The third-order valence-corrected chi connectivity index (χ3v) is 3.59. The maximum atomic E-state index is 11.4. The molecule has 0 bridgehead atoms. The molecule has 132 valence electrons. The van der Waals surface area contributed by atoms with Crippen molar-refractivity contribution in [2.24, 2.45) is 5.73 Å². The van der Waals surface area contributed by atoms with Gasteiger partial charge in [0.05, 0.1) is 19.3 Å². The van der Waals surface area contributed by atoms with Crippen LogP contribution >= 0.6 is 10.7 Å². The predicted molar refractivity (Wildman–Crippen MR) is 89.2 cm³/mol. The molecular weight excluding hydrogens is 366 g/mol. The Morgan fingerprint density at radius 3 is 2.22 bits per heavy atom.